The van der Waals surface area contributed by atoms with Crippen molar-refractivity contribution < 1.29 is 38.4 Å². The fourth-order valence-electron chi connectivity index (χ4n) is 5.09. The van der Waals surface area contributed by atoms with Crippen LogP contribution in [0.5, 0.6) is 0 Å². The number of hydrogen-bond donors (Lipinski definition) is 3. The minimum Gasteiger partial charge on any atom is -0.323 e. The van der Waals surface area contributed by atoms with Gasteiger partial charge in [0, 0.05) is 34.0 Å². The number of urea groups is 2. The molecule has 0 saturated carbocycles. The van der Waals surface area contributed by atoms with E-state index in [1.165, 1.54) is 52.0 Å². The second-order valence-electron chi connectivity index (χ2n) is 12.7. The van der Waals surface area contributed by atoms with Gasteiger partial charge in [-0.3, -0.25) is 33.7 Å². The first-order valence-electron chi connectivity index (χ1n) is 14.9. The Morgan fingerprint density at radius 2 is 1.12 bits per heavy atom. The van der Waals surface area contributed by atoms with Gasteiger partial charge in [-0.25, -0.2) is 19.4 Å². The maximum atomic E-state index is 14.0. The summed E-state index contributed by atoms with van der Waals surface area (Å²) in [6, 6.07) is 12.6. The third-order valence-electron chi connectivity index (χ3n) is 8.00. The number of nitrogens with zero attached hydrogens (tertiary/aromatic N) is 3. The predicted octanol–water partition coefficient (Wildman–Crippen LogP) is 3.94. The Bertz CT molecular complexity index is 1630. The van der Waals surface area contributed by atoms with Crippen LogP contribution in [0.15, 0.2) is 60.7 Å². The minimum atomic E-state index is -3.05. The van der Waals surface area contributed by atoms with E-state index in [1.807, 2.05) is 0 Å². The van der Waals surface area contributed by atoms with E-state index in [-0.39, 0.29) is 32.9 Å². The van der Waals surface area contributed by atoms with Crippen molar-refractivity contribution in [3.05, 3.63) is 60.7 Å². The minimum absolute atomic E-state index is 0.131. The third-order valence-corrected chi connectivity index (χ3v) is 10.4. The number of Topliss-reactive ketones (excluding diaryl/α,β-unsaturated/α-hetero) is 2. The van der Waals surface area contributed by atoms with Crippen molar-refractivity contribution in [2.75, 3.05) is 28.9 Å². The van der Waals surface area contributed by atoms with Gasteiger partial charge >= 0.3 is 12.1 Å². The van der Waals surface area contributed by atoms with Crippen LogP contribution in [0.2, 0.25) is 0 Å². The number of nitrogens with one attached hydrogen (secondary N) is 3. The number of hydrogen-bond acceptors (Lipinski definition) is 8. The summed E-state index contributed by atoms with van der Waals surface area (Å²) in [5.41, 5.74) is -2.82. The zero-order chi connectivity index (χ0) is 37.4. The number of imide groups is 2. The monoisotopic (exact) mass is 768 g/mol. The average Bonchev–Trinajstić information content (AvgIpc) is 3.56. The van der Waals surface area contributed by atoms with E-state index in [9.17, 15) is 38.4 Å². The number of para-hydroxylation sites is 2. The Hall–Kier alpha value is -4.24. The van der Waals surface area contributed by atoms with E-state index in [1.54, 1.807) is 36.4 Å². The molecule has 2 aliphatic rings. The number of benzene rings is 2. The fourth-order valence-corrected chi connectivity index (χ4v) is 6.27. The van der Waals surface area contributed by atoms with E-state index < -0.39 is 80.8 Å². The van der Waals surface area contributed by atoms with Gasteiger partial charge < -0.3 is 16.0 Å². The number of amides is 8. The summed E-state index contributed by atoms with van der Waals surface area (Å²) in [5, 5.41) is 6.99. The van der Waals surface area contributed by atoms with Crippen LogP contribution in [0.1, 0.15) is 27.7 Å². The predicted molar refractivity (Wildman–Crippen MR) is 184 cm³/mol. The molecule has 0 bridgehead atoms. The van der Waals surface area contributed by atoms with Crippen LogP contribution in [0.4, 0.5) is 21.0 Å². The topological polar surface area (TPSA) is 182 Å². The molecule has 3 N–H and O–H groups in total. The lowest BCUT2D eigenvalue weighted by Gasteiger charge is -2.37. The van der Waals surface area contributed by atoms with Crippen LogP contribution in [0, 0.1) is 10.8 Å². The standard InChI is InChI=1S/C32H32Cl4N6O8/c1-29(2,16-33)23(45)31(35,25(47)37-18-11-7-5-8-12-18)41-20(43)15-40(28(41)50)21-22(44)42(27(49)39-21)32(36,24(46)30(3,4)17-34)26(48)38-19-13-9-6-10-14-19/h5-14,21H,15-17H2,1-4H3,(H,37,47)(H,38,48)(H,39,49). The molecule has 2 fully saturated rings. The highest BCUT2D eigenvalue weighted by atomic mass is 35.5. The van der Waals surface area contributed by atoms with Gasteiger partial charge in [0.25, 0.3) is 33.6 Å². The molecular weight excluding hydrogens is 738 g/mol. The number of rotatable bonds is 13. The van der Waals surface area contributed by atoms with Gasteiger partial charge in [0.2, 0.25) is 0 Å². The molecule has 3 unspecified atom stereocenters. The molecule has 266 valence electrons. The highest BCUT2D eigenvalue weighted by molar-refractivity contribution is 6.51. The molecule has 50 heavy (non-hydrogen) atoms. The molecule has 2 aliphatic heterocycles. The first-order chi connectivity index (χ1) is 23.3. The molecule has 8 amide bonds. The first kappa shape index (κ1) is 38.6. The van der Waals surface area contributed by atoms with E-state index in [4.69, 9.17) is 46.4 Å². The highest BCUT2D eigenvalue weighted by Gasteiger charge is 2.66. The van der Waals surface area contributed by atoms with Crippen LogP contribution >= 0.6 is 46.4 Å². The summed E-state index contributed by atoms with van der Waals surface area (Å²) in [4.78, 5) is 105. The highest BCUT2D eigenvalue weighted by Crippen LogP contribution is 2.40. The quantitative estimate of drug-likeness (QED) is 0.119. The van der Waals surface area contributed by atoms with E-state index in [2.05, 4.69) is 16.0 Å². The number of carbonyl (C=O) groups excluding carboxylic acids is 8. The van der Waals surface area contributed by atoms with E-state index in [0.29, 0.717) is 4.90 Å². The molecule has 0 radical (unpaired) electrons. The summed E-state index contributed by atoms with van der Waals surface area (Å²) in [7, 11) is 0. The summed E-state index contributed by atoms with van der Waals surface area (Å²) in [5.74, 6) is -8.21. The molecule has 0 aromatic heterocycles. The van der Waals surface area contributed by atoms with Crippen molar-refractivity contribution >= 4 is 105 Å². The Balaban J connectivity index is 1.74. The van der Waals surface area contributed by atoms with Crippen LogP contribution in [0.3, 0.4) is 0 Å². The van der Waals surface area contributed by atoms with E-state index in [0.717, 1.165) is 0 Å². The van der Waals surface area contributed by atoms with Gasteiger partial charge in [0.1, 0.15) is 6.54 Å². The molecule has 2 aromatic carbocycles. The fraction of sp³-hybridized carbons (Fsp3) is 0.375. The van der Waals surface area contributed by atoms with Crippen molar-refractivity contribution in [2.24, 2.45) is 10.8 Å². The van der Waals surface area contributed by atoms with Gasteiger partial charge in [-0.05, 0) is 24.3 Å². The van der Waals surface area contributed by atoms with Crippen LogP contribution < -0.4 is 16.0 Å². The molecular formula is C32H32Cl4N6O8. The van der Waals surface area contributed by atoms with Crippen molar-refractivity contribution in [1.82, 2.24) is 20.0 Å². The van der Waals surface area contributed by atoms with Gasteiger partial charge in [-0.1, -0.05) is 87.3 Å². The lowest BCUT2D eigenvalue weighted by Crippen LogP contribution is -2.65. The SMILES string of the molecule is CC(C)(CCl)C(=O)C(Cl)(C(=O)Nc1ccccc1)N1C(=O)NC(N2CC(=O)N(C(Cl)(C(=O)Nc3ccccc3)C(=O)C(C)(C)CCl)C2=O)C1=O. The molecule has 4 rings (SSSR count). The van der Waals surface area contributed by atoms with Crippen LogP contribution in [0.25, 0.3) is 0 Å². The number of carbonyl (C=O) groups is 8. The first-order valence-corrected chi connectivity index (χ1v) is 16.7. The zero-order valence-corrected chi connectivity index (χ0v) is 30.1. The summed E-state index contributed by atoms with van der Waals surface area (Å²) in [6.07, 6.45) is -2.05. The van der Waals surface area contributed by atoms with E-state index >= 15 is 0 Å². The number of alkyl halides is 4. The molecule has 18 heteroatoms. The molecule has 14 nitrogen and oxygen atoms in total. The largest absolute Gasteiger partial charge is 0.331 e. The van der Waals surface area contributed by atoms with Gasteiger partial charge in [0.05, 0.1) is 0 Å². The Kier molecular flexibility index (Phi) is 10.9. The van der Waals surface area contributed by atoms with Gasteiger partial charge in [-0.2, -0.15) is 0 Å². The van der Waals surface area contributed by atoms with Crippen molar-refractivity contribution in [3.8, 4) is 0 Å². The lowest BCUT2D eigenvalue weighted by molar-refractivity contribution is -0.147. The maximum absolute atomic E-state index is 14.0. The van der Waals surface area contributed by atoms with Crippen molar-refractivity contribution in [3.63, 3.8) is 0 Å². The summed E-state index contributed by atoms with van der Waals surface area (Å²) in [6.45, 7) is 4.39. The van der Waals surface area contributed by atoms with Crippen molar-refractivity contribution in [1.29, 1.82) is 0 Å². The summed E-state index contributed by atoms with van der Waals surface area (Å²) >= 11 is 25.5. The van der Waals surface area contributed by atoms with Gasteiger partial charge in [0.15, 0.2) is 17.7 Å². The number of anilines is 2. The number of halogens is 4. The zero-order valence-electron chi connectivity index (χ0n) is 27.1. The van der Waals surface area contributed by atoms with Crippen molar-refractivity contribution in [2.45, 2.75) is 43.9 Å². The molecule has 0 aliphatic carbocycles. The molecule has 2 aromatic rings. The Morgan fingerprint density at radius 3 is 1.52 bits per heavy atom. The van der Waals surface area contributed by atoms with Crippen LogP contribution in [-0.2, 0) is 28.8 Å². The second-order valence-corrected chi connectivity index (χ2v) is 14.4. The maximum Gasteiger partial charge on any atom is 0.331 e. The molecule has 2 saturated heterocycles. The smallest absolute Gasteiger partial charge is 0.323 e. The Labute approximate surface area is 306 Å². The third kappa shape index (κ3) is 6.64. The molecule has 3 atom stereocenters. The average molecular weight is 770 g/mol. The number of ketones is 2. The summed E-state index contributed by atoms with van der Waals surface area (Å²) < 4.78 is 0. The van der Waals surface area contributed by atoms with Gasteiger partial charge in [-0.15, -0.1) is 23.2 Å². The lowest BCUT2D eigenvalue weighted by atomic mass is 9.84. The molecule has 2 heterocycles. The second kappa shape index (κ2) is 14.2. The Morgan fingerprint density at radius 1 is 0.720 bits per heavy atom. The van der Waals surface area contributed by atoms with Crippen LogP contribution in [-0.4, -0.2) is 96.4 Å². The normalized spacial score (nSPS) is 19.1. The molecule has 0 spiro atoms.